The summed E-state index contributed by atoms with van der Waals surface area (Å²) in [4.78, 5) is 10.0. The van der Waals surface area contributed by atoms with E-state index in [9.17, 15) is 0 Å². The van der Waals surface area contributed by atoms with Crippen LogP contribution >= 0.6 is 0 Å². The Morgan fingerprint density at radius 3 is 1.79 bits per heavy atom. The van der Waals surface area contributed by atoms with Crippen LogP contribution in [0.25, 0.3) is 0 Å². The molecule has 2 heteroatoms. The van der Waals surface area contributed by atoms with E-state index in [4.69, 9.17) is 9.98 Å². The van der Waals surface area contributed by atoms with Crippen molar-refractivity contribution < 1.29 is 0 Å². The standard InChI is InChI=1S/C26H30N2/c1-3-7-20(8-4-1)17-27-19-25(28-18-21-9-5-2-6-10-21)26-14-22-11-23(15-26)13-24(12-22)16-26/h1-10,17-18,22-25H,11-16,19H2/t22?,23?,24?,25-,26?/m1/s1. The van der Waals surface area contributed by atoms with Gasteiger partial charge in [-0.1, -0.05) is 60.7 Å². The molecular formula is C26H30N2. The lowest BCUT2D eigenvalue weighted by atomic mass is 9.47. The number of hydrogen-bond acceptors (Lipinski definition) is 2. The third-order valence-corrected chi connectivity index (χ3v) is 7.31. The van der Waals surface area contributed by atoms with Crippen molar-refractivity contribution >= 4 is 12.4 Å². The zero-order chi connectivity index (χ0) is 18.8. The van der Waals surface area contributed by atoms with E-state index >= 15 is 0 Å². The number of hydrogen-bond donors (Lipinski definition) is 0. The molecule has 6 rings (SSSR count). The number of aliphatic imine (C=N–C) groups is 2. The van der Waals surface area contributed by atoms with Crippen LogP contribution in [0.3, 0.4) is 0 Å². The molecule has 0 heterocycles. The summed E-state index contributed by atoms with van der Waals surface area (Å²) >= 11 is 0. The second kappa shape index (κ2) is 7.66. The molecule has 2 nitrogen and oxygen atoms in total. The Hall–Kier alpha value is -2.22. The maximum atomic E-state index is 5.18. The van der Waals surface area contributed by atoms with Crippen molar-refractivity contribution in [3.05, 3.63) is 71.8 Å². The summed E-state index contributed by atoms with van der Waals surface area (Å²) in [5.41, 5.74) is 2.76. The molecule has 0 aliphatic heterocycles. The maximum Gasteiger partial charge on any atom is 0.0751 e. The molecule has 0 spiro atoms. The lowest BCUT2D eigenvalue weighted by Crippen LogP contribution is -2.52. The minimum absolute atomic E-state index is 0.307. The molecule has 28 heavy (non-hydrogen) atoms. The average molecular weight is 371 g/mol. The third kappa shape index (κ3) is 3.70. The summed E-state index contributed by atoms with van der Waals surface area (Å²) in [7, 11) is 0. The Labute approximate surface area is 168 Å². The van der Waals surface area contributed by atoms with Crippen LogP contribution in [-0.2, 0) is 0 Å². The van der Waals surface area contributed by atoms with Crippen LogP contribution in [0.4, 0.5) is 0 Å². The van der Waals surface area contributed by atoms with Crippen molar-refractivity contribution in [1.82, 2.24) is 0 Å². The van der Waals surface area contributed by atoms with E-state index in [0.29, 0.717) is 11.5 Å². The summed E-state index contributed by atoms with van der Waals surface area (Å²) in [6.07, 6.45) is 12.7. The van der Waals surface area contributed by atoms with Gasteiger partial charge in [0.15, 0.2) is 0 Å². The van der Waals surface area contributed by atoms with Crippen LogP contribution < -0.4 is 0 Å². The van der Waals surface area contributed by atoms with Gasteiger partial charge in [-0.2, -0.15) is 0 Å². The second-order valence-corrected chi connectivity index (χ2v) is 9.39. The van der Waals surface area contributed by atoms with Gasteiger partial charge in [0.1, 0.15) is 0 Å². The molecule has 1 atom stereocenters. The predicted octanol–water partition coefficient (Wildman–Crippen LogP) is 5.81. The van der Waals surface area contributed by atoms with Crippen LogP contribution in [0, 0.1) is 23.2 Å². The van der Waals surface area contributed by atoms with Gasteiger partial charge in [0.05, 0.1) is 12.6 Å². The minimum Gasteiger partial charge on any atom is -0.290 e. The Morgan fingerprint density at radius 1 is 0.750 bits per heavy atom. The first kappa shape index (κ1) is 17.8. The number of benzene rings is 2. The first-order chi connectivity index (χ1) is 13.8. The summed E-state index contributed by atoms with van der Waals surface area (Å²) in [6, 6.07) is 21.3. The Morgan fingerprint density at radius 2 is 1.25 bits per heavy atom. The fourth-order valence-electron chi connectivity index (χ4n) is 6.50. The topological polar surface area (TPSA) is 24.7 Å². The molecule has 0 unspecified atom stereocenters. The zero-order valence-electron chi connectivity index (χ0n) is 16.6. The molecule has 4 aliphatic rings. The van der Waals surface area contributed by atoms with Gasteiger partial charge >= 0.3 is 0 Å². The highest BCUT2D eigenvalue weighted by molar-refractivity contribution is 5.80. The highest BCUT2D eigenvalue weighted by Gasteiger charge is 2.54. The van der Waals surface area contributed by atoms with E-state index in [0.717, 1.165) is 24.3 Å². The molecule has 2 aromatic rings. The largest absolute Gasteiger partial charge is 0.290 e. The lowest BCUT2D eigenvalue weighted by Gasteiger charge is -2.58. The highest BCUT2D eigenvalue weighted by Crippen LogP contribution is 2.61. The monoisotopic (exact) mass is 370 g/mol. The lowest BCUT2D eigenvalue weighted by molar-refractivity contribution is -0.0645. The van der Waals surface area contributed by atoms with E-state index in [-0.39, 0.29) is 0 Å². The first-order valence-corrected chi connectivity index (χ1v) is 10.9. The van der Waals surface area contributed by atoms with Crippen molar-refractivity contribution in [2.75, 3.05) is 6.54 Å². The van der Waals surface area contributed by atoms with Crippen molar-refractivity contribution in [1.29, 1.82) is 0 Å². The van der Waals surface area contributed by atoms with Gasteiger partial charge in [-0.15, -0.1) is 0 Å². The number of nitrogens with zero attached hydrogens (tertiary/aromatic N) is 2. The first-order valence-electron chi connectivity index (χ1n) is 10.9. The number of rotatable bonds is 6. The second-order valence-electron chi connectivity index (χ2n) is 9.39. The van der Waals surface area contributed by atoms with Crippen molar-refractivity contribution in [3.8, 4) is 0 Å². The molecular weight excluding hydrogens is 340 g/mol. The Bertz CT molecular complexity index is 802. The molecule has 2 aromatic carbocycles. The molecule has 4 aliphatic carbocycles. The summed E-state index contributed by atoms with van der Waals surface area (Å²) in [5.74, 6) is 2.83. The molecule has 0 saturated heterocycles. The molecule has 0 radical (unpaired) electrons. The molecule has 0 aromatic heterocycles. The van der Waals surface area contributed by atoms with Crippen molar-refractivity contribution in [2.24, 2.45) is 33.2 Å². The molecule has 144 valence electrons. The van der Waals surface area contributed by atoms with E-state index in [1.54, 1.807) is 0 Å². The van der Waals surface area contributed by atoms with E-state index in [2.05, 4.69) is 66.9 Å². The molecule has 4 fully saturated rings. The van der Waals surface area contributed by atoms with Gasteiger partial charge in [-0.25, -0.2) is 0 Å². The normalized spacial score (nSPS) is 32.4. The van der Waals surface area contributed by atoms with Crippen LogP contribution in [-0.4, -0.2) is 25.0 Å². The van der Waals surface area contributed by atoms with Crippen LogP contribution in [0.5, 0.6) is 0 Å². The van der Waals surface area contributed by atoms with Crippen molar-refractivity contribution in [2.45, 2.75) is 44.6 Å². The van der Waals surface area contributed by atoms with Gasteiger partial charge in [-0.05, 0) is 72.8 Å². The SMILES string of the molecule is C(=NC[C@@H](N=Cc1ccccc1)C12CC3CC(CC(C3)C1)C2)c1ccccc1. The summed E-state index contributed by atoms with van der Waals surface area (Å²) < 4.78 is 0. The molecule has 0 N–H and O–H groups in total. The van der Waals surface area contributed by atoms with Gasteiger partial charge in [0.2, 0.25) is 0 Å². The van der Waals surface area contributed by atoms with E-state index in [1.165, 1.54) is 49.7 Å². The third-order valence-electron chi connectivity index (χ3n) is 7.31. The fraction of sp³-hybridized carbons (Fsp3) is 0.462. The fourth-order valence-corrected chi connectivity index (χ4v) is 6.50. The smallest absolute Gasteiger partial charge is 0.0751 e. The Kier molecular flexibility index (Phi) is 4.88. The van der Waals surface area contributed by atoms with E-state index < -0.39 is 0 Å². The van der Waals surface area contributed by atoms with Crippen molar-refractivity contribution in [3.63, 3.8) is 0 Å². The molecule has 4 bridgehead atoms. The maximum absolute atomic E-state index is 5.18. The van der Waals surface area contributed by atoms with Crippen LogP contribution in [0.15, 0.2) is 70.6 Å². The minimum atomic E-state index is 0.307. The van der Waals surface area contributed by atoms with Crippen LogP contribution in [0.2, 0.25) is 0 Å². The van der Waals surface area contributed by atoms with E-state index in [1.807, 2.05) is 6.21 Å². The van der Waals surface area contributed by atoms with Gasteiger partial charge < -0.3 is 0 Å². The Balaban J connectivity index is 1.39. The van der Waals surface area contributed by atoms with Gasteiger partial charge in [0.25, 0.3) is 0 Å². The summed E-state index contributed by atoms with van der Waals surface area (Å²) in [6.45, 7) is 0.810. The zero-order valence-corrected chi connectivity index (χ0v) is 16.6. The van der Waals surface area contributed by atoms with Crippen LogP contribution in [0.1, 0.15) is 49.7 Å². The van der Waals surface area contributed by atoms with Gasteiger partial charge in [0, 0.05) is 12.4 Å². The molecule has 4 saturated carbocycles. The molecule has 0 amide bonds. The summed E-state index contributed by atoms with van der Waals surface area (Å²) in [5, 5.41) is 0. The average Bonchev–Trinajstić information content (AvgIpc) is 2.71. The quantitative estimate of drug-likeness (QED) is 0.573. The predicted molar refractivity (Wildman–Crippen MR) is 117 cm³/mol. The highest BCUT2D eigenvalue weighted by atomic mass is 14.9. The van der Waals surface area contributed by atoms with Gasteiger partial charge in [-0.3, -0.25) is 9.98 Å².